The Balaban J connectivity index is 1.63. The van der Waals surface area contributed by atoms with Crippen molar-refractivity contribution in [3.05, 3.63) is 96.6 Å². The molecule has 9 nitrogen and oxygen atoms in total. The van der Waals surface area contributed by atoms with Gasteiger partial charge in [0.05, 0.1) is 37.9 Å². The molecule has 3 heterocycles. The van der Waals surface area contributed by atoms with Crippen molar-refractivity contribution < 1.29 is 17.9 Å². The van der Waals surface area contributed by atoms with Crippen LogP contribution in [0.2, 0.25) is 0 Å². The van der Waals surface area contributed by atoms with Gasteiger partial charge in [0.25, 0.3) is 0 Å². The Morgan fingerprint density at radius 1 is 0.974 bits per heavy atom. The molecule has 1 saturated heterocycles. The zero-order valence-electron chi connectivity index (χ0n) is 21.0. The molecule has 1 aliphatic rings. The Kier molecular flexibility index (Phi) is 6.96. The highest BCUT2D eigenvalue weighted by Gasteiger charge is 2.42. The minimum absolute atomic E-state index is 0.254. The smallest absolute Gasteiger partial charge is 0.229 e. The minimum atomic E-state index is -3.49. The molecular formula is C27H27N5O4S2. The molecule has 2 aromatic carbocycles. The lowest BCUT2D eigenvalue weighted by atomic mass is 10.0. The summed E-state index contributed by atoms with van der Waals surface area (Å²) in [6.45, 7) is 0. The van der Waals surface area contributed by atoms with Gasteiger partial charge in [0.15, 0.2) is 5.11 Å². The molecule has 1 fully saturated rings. The van der Waals surface area contributed by atoms with Crippen molar-refractivity contribution in [2.75, 3.05) is 30.1 Å². The molecule has 0 unspecified atom stereocenters. The number of nitrogens with one attached hydrogen (secondary N) is 2. The summed E-state index contributed by atoms with van der Waals surface area (Å²) in [5, 5.41) is 3.97. The van der Waals surface area contributed by atoms with Crippen LogP contribution in [0.4, 0.5) is 11.4 Å². The Labute approximate surface area is 227 Å². The largest absolute Gasteiger partial charge is 0.497 e. The first-order chi connectivity index (χ1) is 18.3. The Morgan fingerprint density at radius 2 is 1.74 bits per heavy atom. The molecule has 2 N–H and O–H groups in total. The lowest BCUT2D eigenvalue weighted by Gasteiger charge is -2.29. The van der Waals surface area contributed by atoms with E-state index in [1.807, 2.05) is 65.7 Å². The lowest BCUT2D eigenvalue weighted by Crippen LogP contribution is -2.30. The number of sulfonamides is 1. The normalized spacial score (nSPS) is 17.2. The van der Waals surface area contributed by atoms with Crippen molar-refractivity contribution in [1.82, 2.24) is 14.9 Å². The minimum Gasteiger partial charge on any atom is -0.497 e. The first kappa shape index (κ1) is 25.6. The van der Waals surface area contributed by atoms with Gasteiger partial charge in [-0.25, -0.2) is 8.42 Å². The number of methoxy groups -OCH3 is 2. The number of hydrogen-bond donors (Lipinski definition) is 2. The molecular weight excluding hydrogens is 522 g/mol. The fraction of sp³-hybridized carbons (Fsp3) is 0.185. The summed E-state index contributed by atoms with van der Waals surface area (Å²) in [5.41, 5.74) is 3.87. The summed E-state index contributed by atoms with van der Waals surface area (Å²) in [5.74, 6) is 1.15. The van der Waals surface area contributed by atoms with E-state index < -0.39 is 10.0 Å². The number of aromatic nitrogens is 2. The second-order valence-electron chi connectivity index (χ2n) is 8.76. The van der Waals surface area contributed by atoms with Crippen LogP contribution in [-0.2, 0) is 10.0 Å². The number of rotatable bonds is 8. The van der Waals surface area contributed by atoms with Crippen molar-refractivity contribution >= 4 is 38.7 Å². The van der Waals surface area contributed by atoms with Crippen molar-refractivity contribution in [1.29, 1.82) is 0 Å². The summed E-state index contributed by atoms with van der Waals surface area (Å²) in [4.78, 5) is 6.63. The summed E-state index contributed by atoms with van der Waals surface area (Å²) in [6, 6.07) is 22.4. The van der Waals surface area contributed by atoms with Crippen molar-refractivity contribution in [3.8, 4) is 17.2 Å². The third-order valence-corrected chi connectivity index (χ3v) is 7.20. The van der Waals surface area contributed by atoms with Gasteiger partial charge < -0.3 is 24.3 Å². The zero-order valence-corrected chi connectivity index (χ0v) is 22.7. The first-order valence-corrected chi connectivity index (χ1v) is 14.1. The highest BCUT2D eigenvalue weighted by atomic mass is 32.2. The number of thiocarbonyl (C=S) groups is 1. The molecule has 0 amide bonds. The van der Waals surface area contributed by atoms with E-state index in [4.69, 9.17) is 21.7 Å². The topological polar surface area (TPSA) is 97.7 Å². The van der Waals surface area contributed by atoms with Crippen LogP contribution in [0.1, 0.15) is 23.5 Å². The quantitative estimate of drug-likeness (QED) is 0.312. The van der Waals surface area contributed by atoms with E-state index >= 15 is 0 Å². The second kappa shape index (κ2) is 10.3. The first-order valence-electron chi connectivity index (χ1n) is 11.8. The van der Waals surface area contributed by atoms with E-state index in [0.717, 1.165) is 34.8 Å². The fourth-order valence-corrected chi connectivity index (χ4v) is 5.57. The summed E-state index contributed by atoms with van der Waals surface area (Å²) >= 11 is 5.85. The molecule has 2 aromatic heterocycles. The van der Waals surface area contributed by atoms with E-state index in [0.29, 0.717) is 16.5 Å². The van der Waals surface area contributed by atoms with Gasteiger partial charge in [-0.2, -0.15) is 0 Å². The van der Waals surface area contributed by atoms with Gasteiger partial charge in [-0.3, -0.25) is 9.71 Å². The fourth-order valence-electron chi connectivity index (χ4n) is 4.66. The van der Waals surface area contributed by atoms with Crippen molar-refractivity contribution in [2.45, 2.75) is 12.1 Å². The molecule has 0 saturated carbocycles. The third-order valence-electron chi connectivity index (χ3n) is 6.29. The number of benzene rings is 2. The molecule has 1 aliphatic heterocycles. The maximum Gasteiger partial charge on any atom is 0.229 e. The van der Waals surface area contributed by atoms with Crippen LogP contribution in [0.3, 0.4) is 0 Å². The van der Waals surface area contributed by atoms with Gasteiger partial charge in [-0.15, -0.1) is 0 Å². The van der Waals surface area contributed by atoms with E-state index in [-0.39, 0.29) is 12.1 Å². The molecule has 4 aromatic rings. The third kappa shape index (κ3) is 5.02. The predicted molar refractivity (Wildman–Crippen MR) is 152 cm³/mol. The van der Waals surface area contributed by atoms with Crippen LogP contribution in [-0.4, -0.2) is 43.6 Å². The molecule has 0 radical (unpaired) electrons. The Hall–Kier alpha value is -4.09. The highest BCUT2D eigenvalue weighted by Crippen LogP contribution is 2.44. The summed E-state index contributed by atoms with van der Waals surface area (Å²) in [7, 11) is -0.350. The van der Waals surface area contributed by atoms with Gasteiger partial charge in [-0.1, -0.05) is 6.07 Å². The number of ether oxygens (including phenoxy) is 2. The lowest BCUT2D eigenvalue weighted by molar-refractivity contribution is 0.414. The Morgan fingerprint density at radius 3 is 2.39 bits per heavy atom. The molecule has 11 heteroatoms. The molecule has 0 bridgehead atoms. The molecule has 5 rings (SSSR count). The van der Waals surface area contributed by atoms with Gasteiger partial charge >= 0.3 is 0 Å². The van der Waals surface area contributed by atoms with Crippen LogP contribution in [0, 0.1) is 0 Å². The van der Waals surface area contributed by atoms with Crippen LogP contribution in [0.5, 0.6) is 11.5 Å². The van der Waals surface area contributed by atoms with Gasteiger partial charge in [0.2, 0.25) is 10.0 Å². The molecule has 2 atom stereocenters. The monoisotopic (exact) mass is 549 g/mol. The Bertz CT molecular complexity index is 1560. The van der Waals surface area contributed by atoms with E-state index in [1.165, 1.54) is 7.11 Å². The highest BCUT2D eigenvalue weighted by molar-refractivity contribution is 7.92. The van der Waals surface area contributed by atoms with Crippen molar-refractivity contribution in [3.63, 3.8) is 0 Å². The van der Waals surface area contributed by atoms with Crippen molar-refractivity contribution in [2.24, 2.45) is 0 Å². The predicted octanol–water partition coefficient (Wildman–Crippen LogP) is 4.44. The number of nitrogens with zero attached hydrogens (tertiary/aromatic N) is 3. The molecule has 38 heavy (non-hydrogen) atoms. The van der Waals surface area contributed by atoms with Crippen LogP contribution in [0.25, 0.3) is 5.69 Å². The average molecular weight is 550 g/mol. The summed E-state index contributed by atoms with van der Waals surface area (Å²) < 4.78 is 39.2. The van der Waals surface area contributed by atoms with Gasteiger partial charge in [0, 0.05) is 35.5 Å². The van der Waals surface area contributed by atoms with Crippen LogP contribution >= 0.6 is 12.2 Å². The van der Waals surface area contributed by atoms with Crippen LogP contribution in [0.15, 0.2) is 85.2 Å². The zero-order chi connectivity index (χ0) is 26.9. The molecule has 196 valence electrons. The second-order valence-corrected chi connectivity index (χ2v) is 10.9. The SMILES string of the molecule is COc1ccc(-n2cccc2[C@@H]2[C@@H](c3ccccn3)NC(=S)N2c2ccc(NS(C)(=O)=O)c(OC)c2)cc1. The average Bonchev–Trinajstić information content (AvgIpc) is 3.53. The van der Waals surface area contributed by atoms with E-state index in [1.54, 1.807) is 25.4 Å². The van der Waals surface area contributed by atoms with Crippen LogP contribution < -0.4 is 24.4 Å². The van der Waals surface area contributed by atoms with E-state index in [2.05, 4.69) is 25.7 Å². The number of anilines is 2. The standard InChI is InChI=1S/C27H27N5O4S2/c1-35-20-12-9-18(10-13-20)31-16-6-8-23(31)26-25(22-7-4-5-15-28-22)29-27(37)32(26)19-11-14-21(24(17-19)36-2)30-38(3,33)34/h4-17,25-26,30H,1-3H3,(H,29,37)/t25-,26-/m1/s1. The van der Waals surface area contributed by atoms with Gasteiger partial charge in [0.1, 0.15) is 17.5 Å². The van der Waals surface area contributed by atoms with E-state index in [9.17, 15) is 8.42 Å². The maximum atomic E-state index is 11.9. The maximum absolute atomic E-state index is 11.9. The van der Waals surface area contributed by atoms with Gasteiger partial charge in [-0.05, 0) is 72.9 Å². The summed E-state index contributed by atoms with van der Waals surface area (Å²) in [6.07, 6.45) is 4.86. The number of hydrogen-bond acceptors (Lipinski definition) is 6. The number of pyridine rings is 1. The molecule has 0 aliphatic carbocycles. The molecule has 0 spiro atoms.